The maximum atomic E-state index is 6.11. The second kappa shape index (κ2) is 9.21. The summed E-state index contributed by atoms with van der Waals surface area (Å²) >= 11 is 1.79. The lowest BCUT2D eigenvalue weighted by atomic mass is 9.97. The van der Waals surface area contributed by atoms with E-state index < -0.39 is 0 Å². The van der Waals surface area contributed by atoms with E-state index in [4.69, 9.17) is 10.7 Å². The van der Waals surface area contributed by atoms with Crippen LogP contribution in [0.15, 0.2) is 5.38 Å². The summed E-state index contributed by atoms with van der Waals surface area (Å²) < 4.78 is 0. The van der Waals surface area contributed by atoms with Crippen LogP contribution in [-0.4, -0.2) is 28.5 Å². The third-order valence-corrected chi connectivity index (χ3v) is 4.89. The van der Waals surface area contributed by atoms with Gasteiger partial charge in [0, 0.05) is 29.9 Å². The molecule has 2 unspecified atom stereocenters. The van der Waals surface area contributed by atoms with Crippen molar-refractivity contribution in [2.75, 3.05) is 6.54 Å². The number of nitrogens with zero attached hydrogens (tertiary/aromatic N) is 2. The van der Waals surface area contributed by atoms with Crippen molar-refractivity contribution in [1.29, 1.82) is 0 Å². The first kappa shape index (κ1) is 20.1. The molecule has 2 N–H and O–H groups in total. The summed E-state index contributed by atoms with van der Waals surface area (Å²) in [6.07, 6.45) is 3.85. The van der Waals surface area contributed by atoms with Gasteiger partial charge in [0.15, 0.2) is 0 Å². The molecule has 2 heterocycles. The Labute approximate surface area is 139 Å². The number of likely N-dealkylation sites (tertiary alicyclic amines) is 1. The van der Waals surface area contributed by atoms with E-state index in [0.29, 0.717) is 12.0 Å². The first-order chi connectivity index (χ1) is 8.58. The molecule has 0 aliphatic carbocycles. The Morgan fingerprint density at radius 3 is 2.60 bits per heavy atom. The lowest BCUT2D eigenvalue weighted by Gasteiger charge is -2.37. The molecule has 0 spiro atoms. The second-order valence-electron chi connectivity index (χ2n) is 5.72. The quantitative estimate of drug-likeness (QED) is 0.906. The molecule has 0 aromatic carbocycles. The van der Waals surface area contributed by atoms with E-state index in [0.717, 1.165) is 6.54 Å². The number of hydrogen-bond donors (Lipinski definition) is 1. The molecule has 2 atom stereocenters. The van der Waals surface area contributed by atoms with E-state index in [2.05, 4.69) is 31.1 Å². The largest absolute Gasteiger partial charge is 0.327 e. The zero-order valence-corrected chi connectivity index (χ0v) is 15.0. The van der Waals surface area contributed by atoms with Gasteiger partial charge in [0.25, 0.3) is 0 Å². The smallest absolute Gasteiger partial charge is 0.0954 e. The minimum Gasteiger partial charge on any atom is -0.327 e. The Hall–Kier alpha value is 0.130. The van der Waals surface area contributed by atoms with Crippen molar-refractivity contribution in [2.24, 2.45) is 5.73 Å². The lowest BCUT2D eigenvalue weighted by Crippen LogP contribution is -2.48. The van der Waals surface area contributed by atoms with Crippen LogP contribution in [-0.2, 0) is 6.54 Å². The van der Waals surface area contributed by atoms with Gasteiger partial charge < -0.3 is 5.73 Å². The Morgan fingerprint density at radius 1 is 1.35 bits per heavy atom. The molecule has 1 fully saturated rings. The molecular weight excluding hydrogens is 313 g/mol. The highest BCUT2D eigenvalue weighted by atomic mass is 35.5. The van der Waals surface area contributed by atoms with Crippen molar-refractivity contribution in [3.05, 3.63) is 16.1 Å². The summed E-state index contributed by atoms with van der Waals surface area (Å²) in [5.74, 6) is 0.536. The van der Waals surface area contributed by atoms with Gasteiger partial charge in [-0.25, -0.2) is 4.98 Å². The lowest BCUT2D eigenvalue weighted by molar-refractivity contribution is 0.121. The van der Waals surface area contributed by atoms with Gasteiger partial charge in [0.2, 0.25) is 0 Å². The summed E-state index contributed by atoms with van der Waals surface area (Å²) in [5, 5.41) is 3.46. The third kappa shape index (κ3) is 5.15. The van der Waals surface area contributed by atoms with Crippen molar-refractivity contribution in [3.8, 4) is 0 Å². The fourth-order valence-electron chi connectivity index (χ4n) is 2.68. The average Bonchev–Trinajstić information content (AvgIpc) is 2.78. The number of piperidine rings is 1. The Bertz CT molecular complexity index is 382. The van der Waals surface area contributed by atoms with Gasteiger partial charge in [0.1, 0.15) is 0 Å². The predicted molar refractivity (Wildman–Crippen MR) is 92.4 cm³/mol. The molecule has 2 rings (SSSR count). The van der Waals surface area contributed by atoms with Crippen LogP contribution in [0.1, 0.15) is 56.7 Å². The van der Waals surface area contributed by atoms with E-state index in [1.807, 2.05) is 0 Å². The standard InChI is InChI=1S/C14H25N3S.2ClH/c1-10(2)14-16-12(9-18-14)8-17-7-5-4-6-13(17)11(3)15;;/h9-11,13H,4-8,15H2,1-3H3;2*1H. The molecule has 0 saturated carbocycles. The van der Waals surface area contributed by atoms with Crippen LogP contribution in [0.5, 0.6) is 0 Å². The van der Waals surface area contributed by atoms with E-state index >= 15 is 0 Å². The zero-order valence-electron chi connectivity index (χ0n) is 12.5. The molecule has 0 radical (unpaired) electrons. The summed E-state index contributed by atoms with van der Waals surface area (Å²) in [4.78, 5) is 7.25. The predicted octanol–water partition coefficient (Wildman–Crippen LogP) is 3.81. The minimum atomic E-state index is 0. The highest BCUT2D eigenvalue weighted by Crippen LogP contribution is 2.24. The van der Waals surface area contributed by atoms with Gasteiger partial charge in [-0.1, -0.05) is 20.3 Å². The van der Waals surface area contributed by atoms with Crippen molar-refractivity contribution in [1.82, 2.24) is 9.88 Å². The van der Waals surface area contributed by atoms with Crippen molar-refractivity contribution in [3.63, 3.8) is 0 Å². The molecular formula is C14H27Cl2N3S. The summed E-state index contributed by atoms with van der Waals surface area (Å²) in [6, 6.07) is 0.788. The topological polar surface area (TPSA) is 42.2 Å². The van der Waals surface area contributed by atoms with Crippen LogP contribution in [0.2, 0.25) is 0 Å². The van der Waals surface area contributed by atoms with Crippen LogP contribution in [0, 0.1) is 0 Å². The Kier molecular flexibility index (Phi) is 9.27. The normalized spacial score (nSPS) is 21.1. The highest BCUT2D eigenvalue weighted by molar-refractivity contribution is 7.09. The Balaban J connectivity index is 0.00000180. The van der Waals surface area contributed by atoms with E-state index in [1.165, 1.54) is 36.5 Å². The van der Waals surface area contributed by atoms with Gasteiger partial charge in [-0.15, -0.1) is 36.2 Å². The van der Waals surface area contributed by atoms with Crippen LogP contribution in [0.25, 0.3) is 0 Å². The Morgan fingerprint density at radius 2 is 2.05 bits per heavy atom. The molecule has 3 nitrogen and oxygen atoms in total. The van der Waals surface area contributed by atoms with Gasteiger partial charge in [-0.3, -0.25) is 4.90 Å². The van der Waals surface area contributed by atoms with Gasteiger partial charge in [0.05, 0.1) is 10.7 Å². The number of aromatic nitrogens is 1. The van der Waals surface area contributed by atoms with E-state index in [-0.39, 0.29) is 30.9 Å². The van der Waals surface area contributed by atoms with E-state index in [9.17, 15) is 0 Å². The molecule has 118 valence electrons. The summed E-state index contributed by atoms with van der Waals surface area (Å²) in [5.41, 5.74) is 7.32. The molecule has 6 heteroatoms. The number of nitrogens with two attached hydrogens (primary N) is 1. The maximum absolute atomic E-state index is 6.11. The fraction of sp³-hybridized carbons (Fsp3) is 0.786. The van der Waals surface area contributed by atoms with E-state index in [1.54, 1.807) is 11.3 Å². The number of rotatable bonds is 4. The van der Waals surface area contributed by atoms with Crippen LogP contribution in [0.4, 0.5) is 0 Å². The van der Waals surface area contributed by atoms with Gasteiger partial charge in [-0.2, -0.15) is 0 Å². The molecule has 0 bridgehead atoms. The molecule has 20 heavy (non-hydrogen) atoms. The first-order valence-corrected chi connectivity index (χ1v) is 7.90. The monoisotopic (exact) mass is 339 g/mol. The third-order valence-electron chi connectivity index (χ3n) is 3.70. The summed E-state index contributed by atoms with van der Waals surface area (Å²) in [6.45, 7) is 8.67. The fourth-order valence-corrected chi connectivity index (χ4v) is 3.50. The number of thiazole rings is 1. The first-order valence-electron chi connectivity index (χ1n) is 7.02. The number of hydrogen-bond acceptors (Lipinski definition) is 4. The van der Waals surface area contributed by atoms with Crippen molar-refractivity contribution < 1.29 is 0 Å². The van der Waals surface area contributed by atoms with Gasteiger partial charge >= 0.3 is 0 Å². The zero-order chi connectivity index (χ0) is 13.1. The molecule has 0 amide bonds. The van der Waals surface area contributed by atoms with Gasteiger partial charge in [-0.05, 0) is 26.3 Å². The SMILES string of the molecule is CC(C)c1nc(CN2CCCCC2C(C)N)cs1.Cl.Cl. The van der Waals surface area contributed by atoms with Crippen molar-refractivity contribution >= 4 is 36.2 Å². The van der Waals surface area contributed by atoms with Crippen molar-refractivity contribution in [2.45, 2.75) is 64.6 Å². The molecule has 1 saturated heterocycles. The summed E-state index contributed by atoms with van der Waals surface area (Å²) in [7, 11) is 0. The second-order valence-corrected chi connectivity index (χ2v) is 6.61. The maximum Gasteiger partial charge on any atom is 0.0954 e. The molecule has 1 aliphatic heterocycles. The minimum absolute atomic E-state index is 0. The number of halogens is 2. The average molecular weight is 340 g/mol. The van der Waals surface area contributed by atoms with Crippen LogP contribution < -0.4 is 5.73 Å². The highest BCUT2D eigenvalue weighted by Gasteiger charge is 2.25. The van der Waals surface area contributed by atoms with Crippen LogP contribution >= 0.6 is 36.2 Å². The molecule has 1 aliphatic rings. The van der Waals surface area contributed by atoms with Crippen LogP contribution in [0.3, 0.4) is 0 Å². The molecule has 1 aromatic heterocycles. The molecule has 1 aromatic rings.